The maximum Gasteiger partial charge on any atom is 0.221 e. The van der Waals surface area contributed by atoms with Gasteiger partial charge in [-0.3, -0.25) is 4.79 Å². The number of amides is 1. The Kier molecular flexibility index (Phi) is 4.45. The highest BCUT2D eigenvalue weighted by Gasteiger charge is 2.31. The van der Waals surface area contributed by atoms with Crippen molar-refractivity contribution in [3.8, 4) is 0 Å². The van der Waals surface area contributed by atoms with Crippen molar-refractivity contribution in [2.24, 2.45) is 5.92 Å². The molecule has 0 spiro atoms. The molecule has 1 fully saturated rings. The zero-order valence-corrected chi connectivity index (χ0v) is 12.5. The molecule has 1 aromatic carbocycles. The van der Waals surface area contributed by atoms with Crippen LogP contribution in [-0.2, 0) is 14.6 Å². The zero-order chi connectivity index (χ0) is 14.8. The summed E-state index contributed by atoms with van der Waals surface area (Å²) in [4.78, 5) is 11.2. The summed E-state index contributed by atoms with van der Waals surface area (Å²) in [7, 11) is -3.36. The Bertz CT molecular complexity index is 581. The molecule has 2 atom stereocenters. The smallest absolute Gasteiger partial charge is 0.221 e. The Balaban J connectivity index is 2.19. The Labute approximate surface area is 119 Å². The first-order valence-electron chi connectivity index (χ1n) is 6.74. The SMILES string of the molecule is CC(=O)Nc1ccc(S(=O)(=O)[C@@H]2C[C@@H](C)CCN2)cc1. The van der Waals surface area contributed by atoms with Gasteiger partial charge in [0, 0.05) is 12.6 Å². The fraction of sp³-hybridized carbons (Fsp3) is 0.500. The summed E-state index contributed by atoms with van der Waals surface area (Å²) < 4.78 is 25.0. The number of rotatable bonds is 3. The summed E-state index contributed by atoms with van der Waals surface area (Å²) in [6.45, 7) is 4.22. The topological polar surface area (TPSA) is 75.3 Å². The third-order valence-corrected chi connectivity index (χ3v) is 5.54. The number of nitrogens with one attached hydrogen (secondary N) is 2. The van der Waals surface area contributed by atoms with Crippen LogP contribution in [0.2, 0.25) is 0 Å². The van der Waals surface area contributed by atoms with Gasteiger partial charge in [0.2, 0.25) is 5.91 Å². The monoisotopic (exact) mass is 296 g/mol. The largest absolute Gasteiger partial charge is 0.326 e. The quantitative estimate of drug-likeness (QED) is 0.891. The van der Waals surface area contributed by atoms with E-state index in [1.54, 1.807) is 24.3 Å². The molecule has 1 aliphatic heterocycles. The van der Waals surface area contributed by atoms with Crippen LogP contribution in [0.5, 0.6) is 0 Å². The summed E-state index contributed by atoms with van der Waals surface area (Å²) in [6, 6.07) is 6.31. The second-order valence-electron chi connectivity index (χ2n) is 5.32. The Morgan fingerprint density at radius 2 is 1.95 bits per heavy atom. The molecule has 110 valence electrons. The fourth-order valence-electron chi connectivity index (χ4n) is 2.39. The molecular formula is C14H20N2O3S. The standard InChI is InChI=1S/C14H20N2O3S/c1-10-7-8-15-14(9-10)20(18,19)13-5-3-12(4-6-13)16-11(2)17/h3-6,10,14-15H,7-9H2,1-2H3,(H,16,17)/t10-,14+/m0/s1. The van der Waals surface area contributed by atoms with Crippen LogP contribution in [0.4, 0.5) is 5.69 Å². The molecule has 20 heavy (non-hydrogen) atoms. The molecule has 0 bridgehead atoms. The van der Waals surface area contributed by atoms with Crippen LogP contribution >= 0.6 is 0 Å². The second kappa shape index (κ2) is 5.93. The van der Waals surface area contributed by atoms with Gasteiger partial charge in [-0.25, -0.2) is 8.42 Å². The first-order valence-corrected chi connectivity index (χ1v) is 8.29. The summed E-state index contributed by atoms with van der Waals surface area (Å²) in [6.07, 6.45) is 1.64. The van der Waals surface area contributed by atoms with Crippen LogP contribution < -0.4 is 10.6 Å². The summed E-state index contributed by atoms with van der Waals surface area (Å²) in [5.41, 5.74) is 0.599. The minimum Gasteiger partial charge on any atom is -0.326 e. The number of anilines is 1. The predicted molar refractivity (Wildman–Crippen MR) is 78.1 cm³/mol. The molecule has 1 saturated heterocycles. The van der Waals surface area contributed by atoms with Crippen molar-refractivity contribution in [2.75, 3.05) is 11.9 Å². The summed E-state index contributed by atoms with van der Waals surface area (Å²) in [5.74, 6) is 0.234. The lowest BCUT2D eigenvalue weighted by Gasteiger charge is -2.27. The van der Waals surface area contributed by atoms with E-state index in [-0.39, 0.29) is 5.91 Å². The zero-order valence-electron chi connectivity index (χ0n) is 11.7. The van der Waals surface area contributed by atoms with Crippen molar-refractivity contribution in [1.29, 1.82) is 0 Å². The van der Waals surface area contributed by atoms with E-state index in [1.807, 2.05) is 0 Å². The number of benzene rings is 1. The molecule has 1 heterocycles. The van der Waals surface area contributed by atoms with E-state index in [0.29, 0.717) is 22.9 Å². The molecule has 0 saturated carbocycles. The van der Waals surface area contributed by atoms with E-state index in [1.165, 1.54) is 6.92 Å². The predicted octanol–water partition coefficient (Wildman–Crippen LogP) is 1.76. The molecular weight excluding hydrogens is 276 g/mol. The minimum atomic E-state index is -3.36. The Morgan fingerprint density at radius 1 is 1.30 bits per heavy atom. The van der Waals surface area contributed by atoms with Crippen molar-refractivity contribution in [3.05, 3.63) is 24.3 Å². The third kappa shape index (κ3) is 3.37. The Morgan fingerprint density at radius 3 is 2.50 bits per heavy atom. The lowest BCUT2D eigenvalue weighted by atomic mass is 10.0. The highest BCUT2D eigenvalue weighted by molar-refractivity contribution is 7.92. The van der Waals surface area contributed by atoms with Crippen LogP contribution in [0, 0.1) is 5.92 Å². The van der Waals surface area contributed by atoms with E-state index in [2.05, 4.69) is 17.6 Å². The lowest BCUT2D eigenvalue weighted by molar-refractivity contribution is -0.114. The number of sulfone groups is 1. The van der Waals surface area contributed by atoms with Crippen LogP contribution in [0.25, 0.3) is 0 Å². The number of hydrogen-bond acceptors (Lipinski definition) is 4. The van der Waals surface area contributed by atoms with Crippen molar-refractivity contribution in [2.45, 2.75) is 37.0 Å². The molecule has 2 N–H and O–H groups in total. The van der Waals surface area contributed by atoms with Gasteiger partial charge < -0.3 is 10.6 Å². The fourth-order valence-corrected chi connectivity index (χ4v) is 4.15. The third-order valence-electron chi connectivity index (χ3n) is 3.50. The highest BCUT2D eigenvalue weighted by Crippen LogP contribution is 2.25. The van der Waals surface area contributed by atoms with Gasteiger partial charge in [-0.05, 0) is 49.6 Å². The van der Waals surface area contributed by atoms with Gasteiger partial charge in [0.05, 0.1) is 4.90 Å². The van der Waals surface area contributed by atoms with Gasteiger partial charge >= 0.3 is 0 Å². The van der Waals surface area contributed by atoms with Gasteiger partial charge in [0.15, 0.2) is 9.84 Å². The van der Waals surface area contributed by atoms with E-state index < -0.39 is 15.2 Å². The summed E-state index contributed by atoms with van der Waals surface area (Å²) >= 11 is 0. The van der Waals surface area contributed by atoms with Gasteiger partial charge in [-0.15, -0.1) is 0 Å². The molecule has 0 unspecified atom stereocenters. The van der Waals surface area contributed by atoms with E-state index in [0.717, 1.165) is 13.0 Å². The number of carbonyl (C=O) groups is 1. The lowest BCUT2D eigenvalue weighted by Crippen LogP contribution is -2.42. The van der Waals surface area contributed by atoms with Crippen LogP contribution in [-0.4, -0.2) is 26.2 Å². The Hall–Kier alpha value is -1.40. The molecule has 5 nitrogen and oxygen atoms in total. The first-order chi connectivity index (χ1) is 9.39. The van der Waals surface area contributed by atoms with Gasteiger partial charge in [0.1, 0.15) is 5.37 Å². The van der Waals surface area contributed by atoms with E-state index in [4.69, 9.17) is 0 Å². The minimum absolute atomic E-state index is 0.177. The molecule has 1 aromatic rings. The molecule has 2 rings (SSSR count). The molecule has 6 heteroatoms. The molecule has 1 amide bonds. The second-order valence-corrected chi connectivity index (χ2v) is 7.45. The normalized spacial score (nSPS) is 23.3. The van der Waals surface area contributed by atoms with Gasteiger partial charge in [-0.2, -0.15) is 0 Å². The van der Waals surface area contributed by atoms with Crippen molar-refractivity contribution < 1.29 is 13.2 Å². The first kappa shape index (κ1) is 15.0. The van der Waals surface area contributed by atoms with Gasteiger partial charge in [0.25, 0.3) is 0 Å². The summed E-state index contributed by atoms with van der Waals surface area (Å²) in [5, 5.41) is 5.18. The molecule has 1 aliphatic rings. The van der Waals surface area contributed by atoms with Crippen LogP contribution in [0.15, 0.2) is 29.2 Å². The van der Waals surface area contributed by atoms with Crippen molar-refractivity contribution >= 4 is 21.4 Å². The number of hydrogen-bond donors (Lipinski definition) is 2. The maximum absolute atomic E-state index is 12.5. The number of piperidine rings is 1. The maximum atomic E-state index is 12.5. The average Bonchev–Trinajstić information content (AvgIpc) is 2.38. The van der Waals surface area contributed by atoms with E-state index >= 15 is 0 Å². The highest BCUT2D eigenvalue weighted by atomic mass is 32.2. The van der Waals surface area contributed by atoms with Crippen molar-refractivity contribution in [3.63, 3.8) is 0 Å². The van der Waals surface area contributed by atoms with Crippen LogP contribution in [0.3, 0.4) is 0 Å². The molecule has 0 aliphatic carbocycles. The van der Waals surface area contributed by atoms with Crippen molar-refractivity contribution in [1.82, 2.24) is 5.32 Å². The molecule has 0 aromatic heterocycles. The van der Waals surface area contributed by atoms with Gasteiger partial charge in [-0.1, -0.05) is 6.92 Å². The average molecular weight is 296 g/mol. The van der Waals surface area contributed by atoms with Crippen LogP contribution in [0.1, 0.15) is 26.7 Å². The number of carbonyl (C=O) groups excluding carboxylic acids is 1. The van der Waals surface area contributed by atoms with E-state index in [9.17, 15) is 13.2 Å². The molecule has 0 radical (unpaired) electrons.